The molecule has 4 spiro atoms. The number of rotatable bonds is 4. The number of hydrogen-bond acceptors (Lipinski definition) is 8. The highest BCUT2D eigenvalue weighted by Crippen LogP contribution is 3.17. The Kier molecular flexibility index (Phi) is 1.63. The first-order valence-corrected chi connectivity index (χ1v) is 13.1. The first-order chi connectivity index (χ1) is 16.5. The first-order valence-electron chi connectivity index (χ1n) is 13.1. The molecule has 0 bridgehead atoms. The van der Waals surface area contributed by atoms with Crippen molar-refractivity contribution in [2.45, 2.75) is 33.6 Å². The van der Waals surface area contributed by atoms with Crippen LogP contribution < -0.4 is 0 Å². The maximum Gasteiger partial charge on any atom is 0.315 e. The maximum atomic E-state index is 14.2. The minimum Gasteiger partial charge on any atom is -0.468 e. The quantitative estimate of drug-likeness (QED) is 0.411. The Hall–Kier alpha value is -1.22. The lowest BCUT2D eigenvalue weighted by atomic mass is 9.59. The summed E-state index contributed by atoms with van der Waals surface area (Å²) in [7, 11) is 6.77. The van der Waals surface area contributed by atoms with E-state index in [0.717, 1.165) is 0 Å². The van der Waals surface area contributed by atoms with E-state index in [9.17, 15) is 9.59 Å². The average Bonchev–Trinajstić information content (AvgIpc) is 3.32. The molecule has 12 saturated carbocycles. The van der Waals surface area contributed by atoms with Crippen molar-refractivity contribution >= 4 is 11.9 Å². The highest BCUT2D eigenvalue weighted by atomic mass is 16.7. The normalized spacial score (nSPS) is 87.4. The molecule has 14 aliphatic rings. The summed E-state index contributed by atoms with van der Waals surface area (Å²) in [5.41, 5.74) is -4.13. The average molecular weight is 464 g/mol. The Labute approximate surface area is 194 Å². The van der Waals surface area contributed by atoms with Gasteiger partial charge in [0, 0.05) is 61.6 Å². The minimum atomic E-state index is -0.718. The van der Waals surface area contributed by atoms with Crippen LogP contribution in [0.2, 0.25) is 0 Å². The fraction of sp³-hybridized carbons (Fsp3) is 0.923. The molecule has 0 amide bonds. The summed E-state index contributed by atoms with van der Waals surface area (Å²) in [6, 6.07) is 0. The van der Waals surface area contributed by atoms with Gasteiger partial charge in [-0.1, -0.05) is 0 Å². The molecule has 2 saturated heterocycles. The van der Waals surface area contributed by atoms with Gasteiger partial charge < -0.3 is 28.4 Å². The molecule has 14 rings (SSSR count). The summed E-state index contributed by atoms with van der Waals surface area (Å²) in [4.78, 5) is 28.5. The van der Waals surface area contributed by atoms with E-state index in [-0.39, 0.29) is 93.5 Å². The van der Waals surface area contributed by atoms with E-state index in [0.29, 0.717) is 11.8 Å². The van der Waals surface area contributed by atoms with Gasteiger partial charge in [-0.2, -0.15) is 0 Å². The van der Waals surface area contributed by atoms with E-state index in [1.165, 1.54) is 0 Å². The van der Waals surface area contributed by atoms with Gasteiger partial charge in [-0.25, -0.2) is 0 Å². The second kappa shape index (κ2) is 3.35. The zero-order chi connectivity index (χ0) is 22.3. The van der Waals surface area contributed by atoms with E-state index >= 15 is 0 Å². The van der Waals surface area contributed by atoms with Crippen molar-refractivity contribution in [3.63, 3.8) is 0 Å². The highest BCUT2D eigenvalue weighted by Gasteiger charge is 3.28. The number of hydrogen-bond donors (Lipinski definition) is 0. The van der Waals surface area contributed by atoms with Crippen molar-refractivity contribution in [2.75, 3.05) is 28.4 Å². The third-order valence-electron chi connectivity index (χ3n) is 16.3. The van der Waals surface area contributed by atoms with E-state index in [1.54, 1.807) is 14.2 Å². The van der Waals surface area contributed by atoms with Gasteiger partial charge in [0.2, 0.25) is 0 Å². The largest absolute Gasteiger partial charge is 0.468 e. The lowest BCUT2D eigenvalue weighted by Gasteiger charge is -2.48. The molecule has 8 heteroatoms. The van der Waals surface area contributed by atoms with Crippen LogP contribution in [-0.4, -0.2) is 74.0 Å². The van der Waals surface area contributed by atoms with Gasteiger partial charge in [0.25, 0.3) is 0 Å². The molecule has 0 aromatic heterocycles. The van der Waals surface area contributed by atoms with Crippen molar-refractivity contribution in [1.29, 1.82) is 0 Å². The second-order valence-corrected chi connectivity index (χ2v) is 14.2. The molecule has 0 radical (unpaired) electrons. The van der Waals surface area contributed by atoms with Crippen molar-refractivity contribution < 1.29 is 38.0 Å². The van der Waals surface area contributed by atoms with Crippen LogP contribution in [-0.2, 0) is 38.0 Å². The Balaban J connectivity index is 1.32. The summed E-state index contributed by atoms with van der Waals surface area (Å²) in [5, 5.41) is 0. The molecule has 176 valence electrons. The van der Waals surface area contributed by atoms with E-state index in [2.05, 4.69) is 0 Å². The van der Waals surface area contributed by atoms with Crippen molar-refractivity contribution in [2.24, 2.45) is 81.8 Å². The molecule has 12 aliphatic carbocycles. The summed E-state index contributed by atoms with van der Waals surface area (Å²) in [5.74, 6) is 1.87. The third-order valence-corrected chi connectivity index (χ3v) is 16.3. The summed E-state index contributed by atoms with van der Waals surface area (Å²) < 4.78 is 39.4. The molecule has 20 atom stereocenters. The van der Waals surface area contributed by atoms with Crippen molar-refractivity contribution in [1.82, 2.24) is 0 Å². The number of ether oxygens (including phenoxy) is 6. The Bertz CT molecular complexity index is 1210. The predicted octanol–water partition coefficient (Wildman–Crippen LogP) is -0.365. The molecular weight excluding hydrogens is 440 g/mol. The maximum absolute atomic E-state index is 14.2. The van der Waals surface area contributed by atoms with Gasteiger partial charge in [0.05, 0.1) is 25.4 Å². The fourth-order valence-electron chi connectivity index (χ4n) is 18.3. The minimum absolute atomic E-state index is 0.0495. The Morgan fingerprint density at radius 3 is 1.09 bits per heavy atom. The number of carbonyl (C=O) groups excluding carboxylic acids is 2. The number of methoxy groups -OCH3 is 4. The molecule has 14 fully saturated rings. The van der Waals surface area contributed by atoms with Crippen molar-refractivity contribution in [3.05, 3.63) is 0 Å². The summed E-state index contributed by atoms with van der Waals surface area (Å²) >= 11 is 0. The molecule has 8 nitrogen and oxygen atoms in total. The van der Waals surface area contributed by atoms with Crippen LogP contribution in [0.25, 0.3) is 0 Å². The molecule has 34 heavy (non-hydrogen) atoms. The number of carbonyl (C=O) groups is 2. The van der Waals surface area contributed by atoms with Gasteiger partial charge in [0.15, 0.2) is 0 Å². The molecule has 0 aromatic rings. The predicted molar refractivity (Wildman–Crippen MR) is 103 cm³/mol. The lowest BCUT2D eigenvalue weighted by Crippen LogP contribution is -2.61. The third kappa shape index (κ3) is 0.677. The number of esters is 2. The van der Waals surface area contributed by atoms with Crippen LogP contribution in [0.3, 0.4) is 0 Å². The van der Waals surface area contributed by atoms with Gasteiger partial charge in [-0.05, 0) is 23.7 Å². The molecule has 2 heterocycles. The highest BCUT2D eigenvalue weighted by molar-refractivity contribution is 5.94. The van der Waals surface area contributed by atoms with Gasteiger partial charge in [-0.3, -0.25) is 9.59 Å². The van der Waals surface area contributed by atoms with Crippen molar-refractivity contribution in [3.8, 4) is 0 Å². The Morgan fingerprint density at radius 2 is 0.824 bits per heavy atom. The number of epoxide rings is 2. The summed E-state index contributed by atoms with van der Waals surface area (Å²) in [6.07, 6.45) is 0. The summed E-state index contributed by atoms with van der Waals surface area (Å²) in [6.45, 7) is 0. The SMILES string of the molecule is COC(=O)C12[C@H]3C4C5[C@@H]6C7(C(=O)OC)[C@H]4[C@]48O[C@]34[C@H]3C4C9[C@H](C31OC)[C@]1(O[C@]61[C@@H]9C7(OC)[C@@H]48)[C@@H]52. The molecule has 0 N–H and O–H groups in total. The van der Waals surface area contributed by atoms with Gasteiger partial charge in [-0.15, -0.1) is 0 Å². The molecule has 2 aliphatic heterocycles. The zero-order valence-corrected chi connectivity index (χ0v) is 19.2. The smallest absolute Gasteiger partial charge is 0.315 e. The zero-order valence-electron chi connectivity index (χ0n) is 19.2. The van der Waals surface area contributed by atoms with E-state index in [4.69, 9.17) is 28.4 Å². The van der Waals surface area contributed by atoms with Crippen LogP contribution in [0, 0.1) is 81.8 Å². The van der Waals surface area contributed by atoms with Crippen LogP contribution in [0.4, 0.5) is 0 Å². The van der Waals surface area contributed by atoms with Gasteiger partial charge >= 0.3 is 11.9 Å². The fourth-order valence-corrected chi connectivity index (χ4v) is 18.3. The monoisotopic (exact) mass is 464 g/mol. The second-order valence-electron chi connectivity index (χ2n) is 14.2. The molecule has 0 aromatic carbocycles. The topological polar surface area (TPSA) is 96.1 Å². The van der Waals surface area contributed by atoms with Crippen LogP contribution in [0.5, 0.6) is 0 Å². The van der Waals surface area contributed by atoms with Crippen LogP contribution in [0.15, 0.2) is 0 Å². The molecule has 8 unspecified atom stereocenters. The van der Waals surface area contributed by atoms with E-state index < -0.39 is 22.0 Å². The lowest BCUT2D eigenvalue weighted by molar-refractivity contribution is -0.201. The van der Waals surface area contributed by atoms with Crippen LogP contribution in [0.1, 0.15) is 0 Å². The van der Waals surface area contributed by atoms with Crippen LogP contribution >= 0.6 is 0 Å². The Morgan fingerprint density at radius 1 is 0.529 bits per heavy atom. The van der Waals surface area contributed by atoms with Gasteiger partial charge in [0.1, 0.15) is 33.2 Å². The standard InChI is InChI=1S/C26H24O8/c1-29-17(27)19-9-5-6-10(19)24-14-8-7-13(21(14,19)31-3)23(9)25(33-23)11(5)20(18(28)30-2)12(6)26(24,34-24)16(8)22(20,32-4)15(7)25/h5-16H,1-4H3/t5?,6?,7?,8?,9-,10+,11+,12-,13+,14-,15-,16+,19?,20?,21?,22?,23+,24-,25-,26+. The molecular formula is C26H24O8. The first kappa shape index (κ1) is 16.5. The van der Waals surface area contributed by atoms with E-state index in [1.807, 2.05) is 14.2 Å².